The van der Waals surface area contributed by atoms with Crippen molar-refractivity contribution in [1.82, 2.24) is 5.32 Å². The van der Waals surface area contributed by atoms with Crippen molar-refractivity contribution in [3.63, 3.8) is 0 Å². The number of esters is 1. The van der Waals surface area contributed by atoms with Crippen LogP contribution in [0.3, 0.4) is 0 Å². The number of hydrogen-bond acceptors (Lipinski definition) is 5. The molecule has 3 amide bonds. The van der Waals surface area contributed by atoms with Gasteiger partial charge in [0.2, 0.25) is 0 Å². The number of urea groups is 1. The lowest BCUT2D eigenvalue weighted by molar-refractivity contribution is -0.150. The molecule has 2 aromatic rings. The van der Waals surface area contributed by atoms with Crippen LogP contribution in [-0.2, 0) is 14.3 Å². The van der Waals surface area contributed by atoms with Crippen LogP contribution >= 0.6 is 0 Å². The van der Waals surface area contributed by atoms with E-state index < -0.39 is 30.3 Å². The van der Waals surface area contributed by atoms with Crippen LogP contribution in [0.5, 0.6) is 5.75 Å². The van der Waals surface area contributed by atoms with Crippen molar-refractivity contribution in [3.05, 3.63) is 59.4 Å². The first kappa shape index (κ1) is 19.9. The van der Waals surface area contributed by atoms with Gasteiger partial charge >= 0.3 is 12.0 Å². The van der Waals surface area contributed by atoms with Gasteiger partial charge in [-0.2, -0.15) is 0 Å². The molecule has 0 heterocycles. The zero-order valence-electron chi connectivity index (χ0n) is 14.9. The van der Waals surface area contributed by atoms with E-state index in [0.29, 0.717) is 5.75 Å². The SMILES string of the molecule is Cc1ccc(OCC(=O)OCC(=O)NC(=O)Nc2ccccc2F)cc1C. The van der Waals surface area contributed by atoms with Crippen LogP contribution in [0.2, 0.25) is 0 Å². The summed E-state index contributed by atoms with van der Waals surface area (Å²) < 4.78 is 23.4. The predicted molar refractivity (Wildman–Crippen MR) is 95.9 cm³/mol. The molecule has 142 valence electrons. The van der Waals surface area contributed by atoms with E-state index in [2.05, 4.69) is 5.32 Å². The fourth-order valence-electron chi connectivity index (χ4n) is 2.01. The summed E-state index contributed by atoms with van der Waals surface area (Å²) in [5.41, 5.74) is 2.03. The monoisotopic (exact) mass is 374 g/mol. The minimum Gasteiger partial charge on any atom is -0.482 e. The van der Waals surface area contributed by atoms with Crippen molar-refractivity contribution in [2.24, 2.45) is 0 Å². The Bertz CT molecular complexity index is 854. The van der Waals surface area contributed by atoms with E-state index >= 15 is 0 Å². The first-order valence-corrected chi connectivity index (χ1v) is 8.06. The average Bonchev–Trinajstić information content (AvgIpc) is 2.63. The van der Waals surface area contributed by atoms with E-state index in [1.54, 1.807) is 12.1 Å². The van der Waals surface area contributed by atoms with Crippen LogP contribution in [0.1, 0.15) is 11.1 Å². The minimum atomic E-state index is -0.937. The van der Waals surface area contributed by atoms with Gasteiger partial charge < -0.3 is 14.8 Å². The van der Waals surface area contributed by atoms with Gasteiger partial charge in [-0.05, 0) is 49.2 Å². The third-order valence-corrected chi connectivity index (χ3v) is 3.57. The molecule has 8 heteroatoms. The molecule has 0 aliphatic rings. The molecule has 0 fully saturated rings. The van der Waals surface area contributed by atoms with Gasteiger partial charge in [-0.15, -0.1) is 0 Å². The molecule has 0 saturated heterocycles. The number of amides is 3. The second-order valence-corrected chi connectivity index (χ2v) is 5.68. The highest BCUT2D eigenvalue weighted by Gasteiger charge is 2.13. The third-order valence-electron chi connectivity index (χ3n) is 3.57. The quantitative estimate of drug-likeness (QED) is 0.759. The molecule has 0 atom stereocenters. The van der Waals surface area contributed by atoms with Gasteiger partial charge in [0.1, 0.15) is 11.6 Å². The number of benzene rings is 2. The van der Waals surface area contributed by atoms with Gasteiger partial charge in [-0.3, -0.25) is 10.1 Å². The maximum atomic E-state index is 13.4. The summed E-state index contributed by atoms with van der Waals surface area (Å²) in [6.07, 6.45) is 0. The Kier molecular flexibility index (Phi) is 6.87. The number of anilines is 1. The molecular formula is C19H19FN2O5. The number of carbonyl (C=O) groups excluding carboxylic acids is 3. The Morgan fingerprint density at radius 2 is 1.74 bits per heavy atom. The number of rotatable bonds is 6. The molecule has 2 N–H and O–H groups in total. The zero-order chi connectivity index (χ0) is 19.8. The zero-order valence-corrected chi connectivity index (χ0v) is 14.9. The molecule has 0 aliphatic carbocycles. The number of para-hydroxylation sites is 1. The van der Waals surface area contributed by atoms with E-state index in [4.69, 9.17) is 9.47 Å². The lowest BCUT2D eigenvalue weighted by Crippen LogP contribution is -2.37. The Hall–Kier alpha value is -3.42. The second kappa shape index (κ2) is 9.33. The van der Waals surface area contributed by atoms with Gasteiger partial charge in [0.15, 0.2) is 13.2 Å². The lowest BCUT2D eigenvalue weighted by Gasteiger charge is -2.09. The number of hydrogen-bond donors (Lipinski definition) is 2. The normalized spacial score (nSPS) is 10.0. The molecule has 0 unspecified atom stereocenters. The van der Waals surface area contributed by atoms with Gasteiger partial charge in [0.05, 0.1) is 5.69 Å². The van der Waals surface area contributed by atoms with Crippen molar-refractivity contribution < 1.29 is 28.2 Å². The second-order valence-electron chi connectivity index (χ2n) is 5.68. The molecule has 7 nitrogen and oxygen atoms in total. The number of nitrogens with one attached hydrogen (secondary N) is 2. The van der Waals surface area contributed by atoms with E-state index in [1.807, 2.05) is 25.2 Å². The topological polar surface area (TPSA) is 93.7 Å². The van der Waals surface area contributed by atoms with Crippen molar-refractivity contribution in [2.45, 2.75) is 13.8 Å². The minimum absolute atomic E-state index is 0.0819. The van der Waals surface area contributed by atoms with Gasteiger partial charge in [0.25, 0.3) is 5.91 Å². The first-order chi connectivity index (χ1) is 12.8. The maximum absolute atomic E-state index is 13.4. The van der Waals surface area contributed by atoms with Crippen molar-refractivity contribution in [2.75, 3.05) is 18.5 Å². The number of ether oxygens (including phenoxy) is 2. The average molecular weight is 374 g/mol. The Labute approximate surface area is 155 Å². The molecule has 2 rings (SSSR count). The summed E-state index contributed by atoms with van der Waals surface area (Å²) in [5, 5.41) is 4.10. The summed E-state index contributed by atoms with van der Waals surface area (Å²) in [7, 11) is 0. The molecule has 0 bridgehead atoms. The summed E-state index contributed by atoms with van der Waals surface area (Å²) in [6, 6.07) is 9.90. The van der Waals surface area contributed by atoms with Crippen LogP contribution in [0.15, 0.2) is 42.5 Å². The summed E-state index contributed by atoms with van der Waals surface area (Å²) >= 11 is 0. The van der Waals surface area contributed by atoms with Gasteiger partial charge in [-0.1, -0.05) is 18.2 Å². The molecule has 0 radical (unpaired) electrons. The molecular weight excluding hydrogens is 355 g/mol. The highest BCUT2D eigenvalue weighted by atomic mass is 19.1. The number of halogens is 1. The van der Waals surface area contributed by atoms with E-state index in [9.17, 15) is 18.8 Å². The molecule has 0 spiro atoms. The standard InChI is InChI=1S/C19H19FN2O5/c1-12-7-8-14(9-13(12)2)26-11-18(24)27-10-17(23)22-19(25)21-16-6-4-3-5-15(16)20/h3-9H,10-11H2,1-2H3,(H2,21,22,23,25). The van der Waals surface area contributed by atoms with Crippen LogP contribution in [0, 0.1) is 19.7 Å². The lowest BCUT2D eigenvalue weighted by atomic mass is 10.1. The van der Waals surface area contributed by atoms with Crippen LogP contribution in [-0.4, -0.2) is 31.1 Å². The fourth-order valence-corrected chi connectivity index (χ4v) is 2.01. The third kappa shape index (κ3) is 6.43. The highest BCUT2D eigenvalue weighted by molar-refractivity contribution is 6.01. The highest BCUT2D eigenvalue weighted by Crippen LogP contribution is 2.16. The summed E-state index contributed by atoms with van der Waals surface area (Å²) in [4.78, 5) is 34.8. The number of imide groups is 1. The van der Waals surface area contributed by atoms with Crippen molar-refractivity contribution in [1.29, 1.82) is 0 Å². The van der Waals surface area contributed by atoms with Crippen LogP contribution < -0.4 is 15.4 Å². The van der Waals surface area contributed by atoms with Gasteiger partial charge in [0, 0.05) is 0 Å². The maximum Gasteiger partial charge on any atom is 0.344 e. The Morgan fingerprint density at radius 1 is 1.00 bits per heavy atom. The van der Waals surface area contributed by atoms with Crippen LogP contribution in [0.4, 0.5) is 14.9 Å². The molecule has 0 aliphatic heterocycles. The Balaban J connectivity index is 1.71. The molecule has 0 saturated carbocycles. The molecule has 27 heavy (non-hydrogen) atoms. The van der Waals surface area contributed by atoms with Crippen molar-refractivity contribution in [3.8, 4) is 5.75 Å². The summed E-state index contributed by atoms with van der Waals surface area (Å²) in [6.45, 7) is 2.82. The Morgan fingerprint density at radius 3 is 2.44 bits per heavy atom. The van der Waals surface area contributed by atoms with E-state index in [1.165, 1.54) is 18.2 Å². The molecule has 0 aromatic heterocycles. The fraction of sp³-hybridized carbons (Fsp3) is 0.211. The van der Waals surface area contributed by atoms with E-state index in [0.717, 1.165) is 17.2 Å². The summed E-state index contributed by atoms with van der Waals surface area (Å²) in [5.74, 6) is -1.76. The number of carbonyl (C=O) groups is 3. The number of aryl methyl sites for hydroxylation is 2. The van der Waals surface area contributed by atoms with E-state index in [-0.39, 0.29) is 12.3 Å². The van der Waals surface area contributed by atoms with Crippen molar-refractivity contribution >= 4 is 23.6 Å². The van der Waals surface area contributed by atoms with Crippen LogP contribution in [0.25, 0.3) is 0 Å². The predicted octanol–water partition coefficient (Wildman–Crippen LogP) is 2.71. The molecule has 2 aromatic carbocycles. The van der Waals surface area contributed by atoms with Gasteiger partial charge in [-0.25, -0.2) is 14.0 Å². The largest absolute Gasteiger partial charge is 0.482 e. The first-order valence-electron chi connectivity index (χ1n) is 8.06. The smallest absolute Gasteiger partial charge is 0.344 e.